The van der Waals surface area contributed by atoms with E-state index in [2.05, 4.69) is 28.9 Å². The molecule has 2 heterocycles. The summed E-state index contributed by atoms with van der Waals surface area (Å²) in [5.41, 5.74) is 0.550. The smallest absolute Gasteiger partial charge is 0.263 e. The van der Waals surface area contributed by atoms with Crippen LogP contribution in [0.25, 0.3) is 0 Å². The van der Waals surface area contributed by atoms with Crippen molar-refractivity contribution in [1.82, 2.24) is 10.0 Å². The first-order chi connectivity index (χ1) is 12.9. The molecule has 0 saturated carbocycles. The Morgan fingerprint density at radius 1 is 1.22 bits per heavy atom. The quantitative estimate of drug-likeness (QED) is 0.742. The van der Waals surface area contributed by atoms with Gasteiger partial charge in [0.25, 0.3) is 10.0 Å². The lowest BCUT2D eigenvalue weighted by molar-refractivity contribution is -0.121. The lowest BCUT2D eigenvalue weighted by Gasteiger charge is -2.19. The molecule has 0 bridgehead atoms. The number of sulfonamides is 1. The maximum absolute atomic E-state index is 12.4. The molecule has 2 aromatic rings. The average molecular weight is 406 g/mol. The van der Waals surface area contributed by atoms with Gasteiger partial charge in [-0.25, -0.2) is 8.42 Å². The van der Waals surface area contributed by atoms with Crippen molar-refractivity contribution in [2.24, 2.45) is 10.9 Å². The minimum absolute atomic E-state index is 0.00383. The van der Waals surface area contributed by atoms with Crippen LogP contribution in [0.1, 0.15) is 43.2 Å². The number of fused-ring (bicyclic) bond motifs is 1. The molecule has 1 aromatic heterocycles. The van der Waals surface area contributed by atoms with Crippen LogP contribution >= 0.6 is 11.3 Å². The van der Waals surface area contributed by atoms with Crippen LogP contribution in [0.15, 0.2) is 51.7 Å². The van der Waals surface area contributed by atoms with E-state index >= 15 is 0 Å². The highest BCUT2D eigenvalue weighted by Crippen LogP contribution is 2.25. The summed E-state index contributed by atoms with van der Waals surface area (Å²) in [6, 6.07) is 10.7. The molecule has 8 heteroatoms. The van der Waals surface area contributed by atoms with Gasteiger partial charge in [0.1, 0.15) is 5.84 Å². The van der Waals surface area contributed by atoms with Crippen molar-refractivity contribution in [3.05, 3.63) is 52.2 Å². The molecule has 27 heavy (non-hydrogen) atoms. The van der Waals surface area contributed by atoms with E-state index in [-0.39, 0.29) is 29.8 Å². The molecule has 0 aliphatic carbocycles. The van der Waals surface area contributed by atoms with Crippen molar-refractivity contribution in [2.75, 3.05) is 6.54 Å². The number of nitrogens with one attached hydrogen (secondary N) is 2. The molecule has 0 radical (unpaired) electrons. The van der Waals surface area contributed by atoms with E-state index in [4.69, 9.17) is 0 Å². The van der Waals surface area contributed by atoms with Gasteiger partial charge < -0.3 is 5.32 Å². The molecule has 1 aliphatic heterocycles. The van der Waals surface area contributed by atoms with Crippen LogP contribution < -0.4 is 10.0 Å². The van der Waals surface area contributed by atoms with E-state index in [1.807, 2.05) is 17.5 Å². The highest BCUT2D eigenvalue weighted by Gasteiger charge is 2.30. The van der Waals surface area contributed by atoms with Crippen LogP contribution in [0.3, 0.4) is 0 Å². The molecule has 6 nitrogen and oxygen atoms in total. The minimum Gasteiger partial charge on any atom is -0.348 e. The van der Waals surface area contributed by atoms with E-state index in [0.29, 0.717) is 17.3 Å². The van der Waals surface area contributed by atoms with Gasteiger partial charge in [-0.2, -0.15) is 0 Å². The van der Waals surface area contributed by atoms with Crippen molar-refractivity contribution in [1.29, 1.82) is 0 Å². The Bertz CT molecular complexity index is 935. The van der Waals surface area contributed by atoms with Crippen molar-refractivity contribution in [3.8, 4) is 0 Å². The Labute approximate surface area is 163 Å². The summed E-state index contributed by atoms with van der Waals surface area (Å²) in [7, 11) is -3.55. The van der Waals surface area contributed by atoms with Crippen molar-refractivity contribution in [3.63, 3.8) is 0 Å². The standard InChI is InChI=1S/C19H23N3O3S2/c1-13(2)12-15(16-7-5-11-26-16)21-18(23)9-10-20-19-14-6-3-4-8-17(14)27(24,25)22-19/h3-8,11,13,15H,9-10,12H2,1-2H3,(H,20,22)(H,21,23). The molecule has 1 aliphatic rings. The Morgan fingerprint density at radius 2 is 2.00 bits per heavy atom. The number of hydrogen-bond acceptors (Lipinski definition) is 5. The second kappa shape index (κ2) is 8.22. The Balaban J connectivity index is 1.62. The van der Waals surface area contributed by atoms with Crippen LogP contribution in [0, 0.1) is 5.92 Å². The van der Waals surface area contributed by atoms with Crippen LogP contribution in [0.5, 0.6) is 0 Å². The van der Waals surface area contributed by atoms with Crippen molar-refractivity contribution >= 4 is 33.1 Å². The zero-order valence-electron chi connectivity index (χ0n) is 15.3. The van der Waals surface area contributed by atoms with Gasteiger partial charge >= 0.3 is 0 Å². The highest BCUT2D eigenvalue weighted by molar-refractivity contribution is 7.90. The molecule has 0 fully saturated rings. The number of carbonyl (C=O) groups is 1. The number of thiophene rings is 1. The fourth-order valence-electron chi connectivity index (χ4n) is 2.99. The first kappa shape index (κ1) is 19.6. The lowest BCUT2D eigenvalue weighted by atomic mass is 10.0. The fourth-order valence-corrected chi connectivity index (χ4v) is 5.04. The summed E-state index contributed by atoms with van der Waals surface area (Å²) in [6.45, 7) is 4.47. The number of hydrogen-bond donors (Lipinski definition) is 2. The van der Waals surface area contributed by atoms with Crippen LogP contribution in [-0.2, 0) is 14.8 Å². The zero-order valence-corrected chi connectivity index (χ0v) is 16.9. The number of aliphatic imine (C=N–C) groups is 1. The third-order valence-electron chi connectivity index (χ3n) is 4.20. The Kier molecular flexibility index (Phi) is 5.96. The summed E-state index contributed by atoms with van der Waals surface area (Å²) in [5.74, 6) is 0.671. The molecule has 1 unspecified atom stereocenters. The molecular weight excluding hydrogens is 382 g/mol. The maximum Gasteiger partial charge on any atom is 0.263 e. The second-order valence-electron chi connectivity index (χ2n) is 6.85. The minimum atomic E-state index is -3.55. The van der Waals surface area contributed by atoms with Gasteiger partial charge in [-0.3, -0.25) is 14.5 Å². The summed E-state index contributed by atoms with van der Waals surface area (Å²) >= 11 is 1.63. The molecule has 144 valence electrons. The lowest BCUT2D eigenvalue weighted by Crippen LogP contribution is -2.29. The van der Waals surface area contributed by atoms with Crippen LogP contribution in [-0.4, -0.2) is 26.7 Å². The molecule has 1 amide bonds. The van der Waals surface area contributed by atoms with Gasteiger partial charge in [-0.1, -0.05) is 32.0 Å². The molecule has 3 rings (SSSR count). The molecule has 2 N–H and O–H groups in total. The predicted octanol–water partition coefficient (Wildman–Crippen LogP) is 3.08. The van der Waals surface area contributed by atoms with Crippen molar-refractivity contribution in [2.45, 2.75) is 37.6 Å². The first-order valence-electron chi connectivity index (χ1n) is 8.86. The molecular formula is C19H23N3O3S2. The van der Waals surface area contributed by atoms with E-state index < -0.39 is 10.0 Å². The van der Waals surface area contributed by atoms with E-state index in [9.17, 15) is 13.2 Å². The maximum atomic E-state index is 12.4. The number of benzene rings is 1. The number of rotatable bonds is 7. The van der Waals surface area contributed by atoms with E-state index in [1.165, 1.54) is 0 Å². The predicted molar refractivity (Wildman–Crippen MR) is 107 cm³/mol. The molecule has 0 spiro atoms. The van der Waals surface area contributed by atoms with E-state index in [0.717, 1.165) is 11.3 Å². The van der Waals surface area contributed by atoms with Gasteiger partial charge in [0, 0.05) is 16.9 Å². The zero-order chi connectivity index (χ0) is 19.4. The monoisotopic (exact) mass is 405 g/mol. The van der Waals surface area contributed by atoms with Gasteiger partial charge in [-0.15, -0.1) is 11.3 Å². The average Bonchev–Trinajstić information content (AvgIpc) is 3.22. The van der Waals surface area contributed by atoms with Gasteiger partial charge in [0.15, 0.2) is 0 Å². The molecule has 1 aromatic carbocycles. The third kappa shape index (κ3) is 4.75. The van der Waals surface area contributed by atoms with E-state index in [1.54, 1.807) is 35.6 Å². The van der Waals surface area contributed by atoms with Gasteiger partial charge in [0.2, 0.25) is 5.91 Å². The fraction of sp³-hybridized carbons (Fsp3) is 0.368. The van der Waals surface area contributed by atoms with Crippen LogP contribution in [0.4, 0.5) is 0 Å². The molecule has 0 saturated heterocycles. The van der Waals surface area contributed by atoms with Crippen LogP contribution in [0.2, 0.25) is 0 Å². The summed E-state index contributed by atoms with van der Waals surface area (Å²) in [5, 5.41) is 5.08. The summed E-state index contributed by atoms with van der Waals surface area (Å²) in [4.78, 5) is 18.0. The third-order valence-corrected chi connectivity index (χ3v) is 6.58. The van der Waals surface area contributed by atoms with Gasteiger partial charge in [0.05, 0.1) is 17.5 Å². The van der Waals surface area contributed by atoms with Gasteiger partial charge in [-0.05, 0) is 35.9 Å². The number of amides is 1. The number of nitrogens with zero attached hydrogens (tertiary/aromatic N) is 1. The summed E-state index contributed by atoms with van der Waals surface area (Å²) in [6.07, 6.45) is 1.07. The Hall–Kier alpha value is -2.19. The largest absolute Gasteiger partial charge is 0.348 e. The first-order valence-corrected chi connectivity index (χ1v) is 11.2. The second-order valence-corrected chi connectivity index (χ2v) is 9.48. The topological polar surface area (TPSA) is 87.6 Å². The normalized spacial score (nSPS) is 17.5. The number of carbonyl (C=O) groups excluding carboxylic acids is 1. The van der Waals surface area contributed by atoms with Crippen molar-refractivity contribution < 1.29 is 13.2 Å². The SMILES string of the molecule is CC(C)CC(NC(=O)CCN=C1NS(=O)(=O)c2ccccc21)c1cccs1. The number of amidine groups is 1. The Morgan fingerprint density at radius 3 is 2.70 bits per heavy atom. The highest BCUT2D eigenvalue weighted by atomic mass is 32.2. The summed E-state index contributed by atoms with van der Waals surface area (Å²) < 4.78 is 26.6. The molecule has 1 atom stereocenters.